The van der Waals surface area contributed by atoms with E-state index in [9.17, 15) is 13.6 Å². The van der Waals surface area contributed by atoms with Crippen molar-refractivity contribution in [3.8, 4) is 0 Å². The van der Waals surface area contributed by atoms with Gasteiger partial charge in [0.1, 0.15) is 11.6 Å². The lowest BCUT2D eigenvalue weighted by Crippen LogP contribution is -2.05. The maximum Gasteiger partial charge on any atom is 0.197 e. The molecule has 0 saturated heterocycles. The Morgan fingerprint density at radius 2 is 1.71 bits per heavy atom. The number of benzene rings is 2. The summed E-state index contributed by atoms with van der Waals surface area (Å²) in [7, 11) is 0. The molecule has 2 aromatic carbocycles. The number of hydrogen-bond donors (Lipinski definition) is 0. The zero-order valence-corrected chi connectivity index (χ0v) is 10.2. The van der Waals surface area contributed by atoms with Gasteiger partial charge in [0.2, 0.25) is 0 Å². The number of rotatable bonds is 2. The molecule has 1 nitrogen and oxygen atoms in total. The summed E-state index contributed by atoms with van der Waals surface area (Å²) >= 11 is 3.14. The van der Waals surface area contributed by atoms with Crippen molar-refractivity contribution in [1.82, 2.24) is 0 Å². The van der Waals surface area contributed by atoms with Gasteiger partial charge < -0.3 is 0 Å². The fourth-order valence-corrected chi connectivity index (χ4v) is 1.89. The number of carbonyl (C=O) groups is 1. The zero-order chi connectivity index (χ0) is 12.4. The Hall–Kier alpha value is -1.55. The molecule has 0 atom stereocenters. The van der Waals surface area contributed by atoms with Gasteiger partial charge in [-0.05, 0) is 30.3 Å². The molecule has 0 spiro atoms. The first kappa shape index (κ1) is 11.9. The quantitative estimate of drug-likeness (QED) is 0.767. The van der Waals surface area contributed by atoms with Crippen LogP contribution in [-0.2, 0) is 0 Å². The van der Waals surface area contributed by atoms with E-state index >= 15 is 0 Å². The molecule has 0 saturated carbocycles. The van der Waals surface area contributed by atoms with Crippen molar-refractivity contribution in [2.24, 2.45) is 0 Å². The molecule has 2 aromatic rings. The molecule has 0 aliphatic carbocycles. The first-order valence-electron chi connectivity index (χ1n) is 4.84. The first-order valence-corrected chi connectivity index (χ1v) is 5.63. The Kier molecular flexibility index (Phi) is 3.33. The van der Waals surface area contributed by atoms with E-state index in [1.54, 1.807) is 6.07 Å². The van der Waals surface area contributed by atoms with Crippen LogP contribution in [0.2, 0.25) is 0 Å². The van der Waals surface area contributed by atoms with Crippen LogP contribution in [0.15, 0.2) is 46.9 Å². The summed E-state index contributed by atoms with van der Waals surface area (Å²) in [5, 5.41) is 0. The lowest BCUT2D eigenvalue weighted by Gasteiger charge is -2.05. The van der Waals surface area contributed by atoms with Crippen molar-refractivity contribution < 1.29 is 13.6 Å². The third-order valence-corrected chi connectivity index (χ3v) is 2.98. The monoisotopic (exact) mass is 296 g/mol. The molecule has 0 aromatic heterocycles. The molecule has 0 aliphatic rings. The minimum Gasteiger partial charge on any atom is -0.288 e. The second-order valence-electron chi connectivity index (χ2n) is 3.43. The van der Waals surface area contributed by atoms with Crippen molar-refractivity contribution in [2.75, 3.05) is 0 Å². The molecular formula is C13H7BrF2O. The van der Waals surface area contributed by atoms with Crippen LogP contribution >= 0.6 is 15.9 Å². The predicted octanol–water partition coefficient (Wildman–Crippen LogP) is 3.96. The Balaban J connectivity index is 2.51. The summed E-state index contributed by atoms with van der Waals surface area (Å²) in [6.07, 6.45) is 0. The fraction of sp³-hybridized carbons (Fsp3) is 0. The van der Waals surface area contributed by atoms with Gasteiger partial charge in [-0.25, -0.2) is 8.78 Å². The average molecular weight is 297 g/mol. The summed E-state index contributed by atoms with van der Waals surface area (Å²) in [4.78, 5) is 12.0. The summed E-state index contributed by atoms with van der Waals surface area (Å²) in [5.74, 6) is -1.70. The molecule has 2 rings (SSSR count). The molecular weight excluding hydrogens is 290 g/mol. The normalized spacial score (nSPS) is 10.3. The second kappa shape index (κ2) is 4.75. The molecule has 0 radical (unpaired) electrons. The molecule has 0 amide bonds. The summed E-state index contributed by atoms with van der Waals surface area (Å²) in [5.41, 5.74) is 0.0360. The lowest BCUT2D eigenvalue weighted by atomic mass is 10.0. The van der Waals surface area contributed by atoms with E-state index < -0.39 is 17.4 Å². The molecule has 4 heteroatoms. The molecule has 17 heavy (non-hydrogen) atoms. The average Bonchev–Trinajstić information content (AvgIpc) is 2.32. The molecule has 0 fully saturated rings. The SMILES string of the molecule is O=C(c1ccccc1F)c1cc(F)ccc1Br. The summed E-state index contributed by atoms with van der Waals surface area (Å²) < 4.78 is 26.9. The number of ketones is 1. The van der Waals surface area contributed by atoms with Gasteiger partial charge in [0.15, 0.2) is 5.78 Å². The van der Waals surface area contributed by atoms with Gasteiger partial charge in [0, 0.05) is 10.0 Å². The van der Waals surface area contributed by atoms with E-state index in [1.807, 2.05) is 0 Å². The highest BCUT2D eigenvalue weighted by Crippen LogP contribution is 2.22. The summed E-state index contributed by atoms with van der Waals surface area (Å²) in [6.45, 7) is 0. The van der Waals surface area contributed by atoms with E-state index in [0.717, 1.165) is 6.07 Å². The maximum atomic E-state index is 13.4. The largest absolute Gasteiger partial charge is 0.288 e. The van der Waals surface area contributed by atoms with Gasteiger partial charge in [-0.2, -0.15) is 0 Å². The van der Waals surface area contributed by atoms with Crippen LogP contribution in [0.5, 0.6) is 0 Å². The third kappa shape index (κ3) is 2.42. The van der Waals surface area contributed by atoms with Crippen molar-refractivity contribution in [1.29, 1.82) is 0 Å². The number of halogens is 3. The second-order valence-corrected chi connectivity index (χ2v) is 4.29. The number of hydrogen-bond acceptors (Lipinski definition) is 1. The van der Waals surface area contributed by atoms with Gasteiger partial charge in [-0.3, -0.25) is 4.79 Å². The fourth-order valence-electron chi connectivity index (χ4n) is 1.46. The maximum absolute atomic E-state index is 13.4. The molecule has 0 N–H and O–H groups in total. The Labute approximate surface area is 105 Å². The first-order chi connectivity index (χ1) is 8.09. The molecule has 86 valence electrons. The minimum absolute atomic E-state index is 0.0706. The predicted molar refractivity (Wildman–Crippen MR) is 63.9 cm³/mol. The van der Waals surface area contributed by atoms with Gasteiger partial charge in [-0.15, -0.1) is 0 Å². The Morgan fingerprint density at radius 3 is 2.41 bits per heavy atom. The van der Waals surface area contributed by atoms with E-state index in [0.29, 0.717) is 4.47 Å². The van der Waals surface area contributed by atoms with Crippen LogP contribution < -0.4 is 0 Å². The van der Waals surface area contributed by atoms with Crippen LogP contribution in [0.3, 0.4) is 0 Å². The molecule has 0 bridgehead atoms. The minimum atomic E-state index is -0.617. The Bertz CT molecular complexity index is 581. The molecule has 0 heterocycles. The number of carbonyl (C=O) groups excluding carboxylic acids is 1. The molecule has 0 aliphatic heterocycles. The van der Waals surface area contributed by atoms with Crippen LogP contribution in [0.4, 0.5) is 8.78 Å². The zero-order valence-electron chi connectivity index (χ0n) is 8.58. The van der Waals surface area contributed by atoms with Crippen molar-refractivity contribution in [2.45, 2.75) is 0 Å². The van der Waals surface area contributed by atoms with Crippen LogP contribution in [0, 0.1) is 11.6 Å². The highest BCUT2D eigenvalue weighted by Gasteiger charge is 2.16. The standard InChI is InChI=1S/C13H7BrF2O/c14-11-6-5-8(15)7-10(11)13(17)9-3-1-2-4-12(9)16/h1-7H. The van der Waals surface area contributed by atoms with Gasteiger partial charge in [-0.1, -0.05) is 28.1 Å². The van der Waals surface area contributed by atoms with E-state index in [4.69, 9.17) is 0 Å². The van der Waals surface area contributed by atoms with Crippen LogP contribution in [0.25, 0.3) is 0 Å². The van der Waals surface area contributed by atoms with Gasteiger partial charge >= 0.3 is 0 Å². The van der Waals surface area contributed by atoms with Gasteiger partial charge in [0.25, 0.3) is 0 Å². The molecule has 0 unspecified atom stereocenters. The van der Waals surface area contributed by atoms with Crippen molar-refractivity contribution in [3.05, 3.63) is 69.7 Å². The topological polar surface area (TPSA) is 17.1 Å². The summed E-state index contributed by atoms with van der Waals surface area (Å²) in [6, 6.07) is 9.34. The van der Waals surface area contributed by atoms with Crippen molar-refractivity contribution >= 4 is 21.7 Å². The van der Waals surface area contributed by atoms with Crippen LogP contribution in [-0.4, -0.2) is 5.78 Å². The highest BCUT2D eigenvalue weighted by molar-refractivity contribution is 9.10. The van der Waals surface area contributed by atoms with E-state index in [2.05, 4.69) is 15.9 Å². The lowest BCUT2D eigenvalue weighted by molar-refractivity contribution is 0.103. The third-order valence-electron chi connectivity index (χ3n) is 2.29. The van der Waals surface area contributed by atoms with Gasteiger partial charge in [0.05, 0.1) is 5.56 Å². The smallest absolute Gasteiger partial charge is 0.197 e. The van der Waals surface area contributed by atoms with E-state index in [-0.39, 0.29) is 11.1 Å². The Morgan fingerprint density at radius 1 is 1.00 bits per heavy atom. The van der Waals surface area contributed by atoms with Crippen molar-refractivity contribution in [3.63, 3.8) is 0 Å². The highest BCUT2D eigenvalue weighted by atomic mass is 79.9. The van der Waals surface area contributed by atoms with E-state index in [1.165, 1.54) is 30.3 Å². The van der Waals surface area contributed by atoms with Crippen LogP contribution in [0.1, 0.15) is 15.9 Å².